The number of benzene rings is 2. The molecule has 0 bridgehead atoms. The van der Waals surface area contributed by atoms with Gasteiger partial charge in [-0.15, -0.1) is 10.2 Å². The van der Waals surface area contributed by atoms with Gasteiger partial charge in [0.05, 0.1) is 0 Å². The number of hydrogen-bond donors (Lipinski definition) is 1. The summed E-state index contributed by atoms with van der Waals surface area (Å²) < 4.78 is 15.2. The predicted octanol–water partition coefficient (Wildman–Crippen LogP) is 2.46. The molecular weight excluding hydrogens is 387 g/mol. The summed E-state index contributed by atoms with van der Waals surface area (Å²) in [6.45, 7) is 2.32. The molecule has 1 fully saturated rings. The van der Waals surface area contributed by atoms with Gasteiger partial charge in [-0.25, -0.2) is 9.18 Å². The van der Waals surface area contributed by atoms with Crippen molar-refractivity contribution in [2.24, 2.45) is 0 Å². The maximum absolute atomic E-state index is 13.3. The summed E-state index contributed by atoms with van der Waals surface area (Å²) >= 11 is 0. The van der Waals surface area contributed by atoms with E-state index in [4.69, 9.17) is 0 Å². The molecule has 0 aliphatic carbocycles. The molecule has 2 aliphatic rings. The van der Waals surface area contributed by atoms with Crippen molar-refractivity contribution in [1.29, 1.82) is 0 Å². The highest BCUT2D eigenvalue weighted by atomic mass is 19.1. The van der Waals surface area contributed by atoms with Gasteiger partial charge >= 0.3 is 6.03 Å². The van der Waals surface area contributed by atoms with Crippen LogP contribution in [-0.4, -0.2) is 44.7 Å². The smallest absolute Gasteiger partial charge is 0.321 e. The number of carbonyl (C=O) groups is 2. The Kier molecular flexibility index (Phi) is 4.05. The van der Waals surface area contributed by atoms with E-state index in [1.165, 1.54) is 17.0 Å². The van der Waals surface area contributed by atoms with Crippen molar-refractivity contribution in [2.75, 3.05) is 11.9 Å². The van der Waals surface area contributed by atoms with Crippen LogP contribution in [0.25, 0.3) is 11.4 Å². The first-order valence-electron chi connectivity index (χ1n) is 9.55. The fraction of sp³-hybridized carbons (Fsp3) is 0.238. The molecular formula is C21H19FN6O2. The Morgan fingerprint density at radius 1 is 1.03 bits per heavy atom. The van der Waals surface area contributed by atoms with Crippen LogP contribution in [0.15, 0.2) is 48.5 Å². The van der Waals surface area contributed by atoms with Gasteiger partial charge in [-0.2, -0.15) is 0 Å². The Bertz CT molecular complexity index is 1140. The third kappa shape index (κ3) is 2.73. The number of urea groups is 1. The van der Waals surface area contributed by atoms with Crippen molar-refractivity contribution < 1.29 is 14.0 Å². The Labute approximate surface area is 171 Å². The SMILES string of the molecule is Cc1ccc(-c2nnc3n2C2C(C(=O)NC(=O)N2C)N3Cc2ccc(F)cc2)cc1. The molecule has 2 aromatic carbocycles. The zero-order valence-electron chi connectivity index (χ0n) is 16.4. The van der Waals surface area contributed by atoms with Gasteiger partial charge in [-0.05, 0) is 24.6 Å². The number of nitrogens with one attached hydrogen (secondary N) is 1. The van der Waals surface area contributed by atoms with E-state index in [2.05, 4.69) is 15.5 Å². The van der Waals surface area contributed by atoms with Gasteiger partial charge in [0.25, 0.3) is 5.91 Å². The average Bonchev–Trinajstić information content (AvgIpc) is 3.28. The van der Waals surface area contributed by atoms with Crippen molar-refractivity contribution in [3.05, 3.63) is 65.5 Å². The first-order chi connectivity index (χ1) is 14.4. The number of amides is 3. The van der Waals surface area contributed by atoms with E-state index in [-0.39, 0.29) is 5.82 Å². The zero-order chi connectivity index (χ0) is 21.0. The Morgan fingerprint density at radius 2 is 1.73 bits per heavy atom. The minimum atomic E-state index is -0.674. The van der Waals surface area contributed by atoms with Crippen molar-refractivity contribution in [2.45, 2.75) is 25.7 Å². The lowest BCUT2D eigenvalue weighted by molar-refractivity contribution is -0.124. The molecule has 0 saturated carbocycles. The van der Waals surface area contributed by atoms with Gasteiger partial charge in [0.2, 0.25) is 5.95 Å². The number of fused-ring (bicyclic) bond motifs is 3. The summed E-state index contributed by atoms with van der Waals surface area (Å²) in [6, 6.07) is 12.8. The van der Waals surface area contributed by atoms with Crippen LogP contribution in [0, 0.1) is 12.7 Å². The number of likely N-dealkylation sites (N-methyl/N-ethyl adjacent to an activating group) is 1. The fourth-order valence-corrected chi connectivity index (χ4v) is 4.05. The van der Waals surface area contributed by atoms with Crippen LogP contribution in [-0.2, 0) is 11.3 Å². The molecule has 2 atom stereocenters. The molecule has 2 aliphatic heterocycles. The summed E-state index contributed by atoms with van der Waals surface area (Å²) in [7, 11) is 1.64. The maximum Gasteiger partial charge on any atom is 0.325 e. The highest BCUT2D eigenvalue weighted by Gasteiger charge is 2.52. The molecule has 5 rings (SSSR count). The molecule has 3 heterocycles. The number of halogens is 1. The van der Waals surface area contributed by atoms with Crippen LogP contribution in [0.5, 0.6) is 0 Å². The lowest BCUT2D eigenvalue weighted by atomic mass is 10.1. The van der Waals surface area contributed by atoms with E-state index in [9.17, 15) is 14.0 Å². The van der Waals surface area contributed by atoms with Gasteiger partial charge in [0.15, 0.2) is 11.9 Å². The van der Waals surface area contributed by atoms with E-state index < -0.39 is 24.1 Å². The lowest BCUT2D eigenvalue weighted by Crippen LogP contribution is -2.61. The van der Waals surface area contributed by atoms with Gasteiger partial charge in [-0.1, -0.05) is 42.0 Å². The monoisotopic (exact) mass is 406 g/mol. The first-order valence-corrected chi connectivity index (χ1v) is 9.55. The molecule has 0 spiro atoms. The highest BCUT2D eigenvalue weighted by molar-refractivity contribution is 6.02. The van der Waals surface area contributed by atoms with Crippen LogP contribution < -0.4 is 10.2 Å². The second-order valence-electron chi connectivity index (χ2n) is 7.58. The second-order valence-corrected chi connectivity index (χ2v) is 7.58. The number of aryl methyl sites for hydroxylation is 1. The van der Waals surface area contributed by atoms with E-state index >= 15 is 0 Å². The van der Waals surface area contributed by atoms with Crippen molar-refractivity contribution in [3.8, 4) is 11.4 Å². The van der Waals surface area contributed by atoms with Crippen LogP contribution in [0.4, 0.5) is 15.1 Å². The van der Waals surface area contributed by atoms with Crippen LogP contribution in [0.3, 0.4) is 0 Å². The molecule has 1 N–H and O–H groups in total. The predicted molar refractivity (Wildman–Crippen MR) is 107 cm³/mol. The summed E-state index contributed by atoms with van der Waals surface area (Å²) in [4.78, 5) is 28.5. The first kappa shape index (κ1) is 18.3. The van der Waals surface area contributed by atoms with E-state index in [1.54, 1.807) is 24.1 Å². The Hall–Kier alpha value is -3.75. The number of rotatable bonds is 3. The minimum Gasteiger partial charge on any atom is -0.321 e. The number of aromatic nitrogens is 3. The fourth-order valence-electron chi connectivity index (χ4n) is 4.05. The number of carbonyl (C=O) groups excluding carboxylic acids is 2. The third-order valence-corrected chi connectivity index (χ3v) is 5.61. The topological polar surface area (TPSA) is 83.4 Å². The largest absolute Gasteiger partial charge is 0.325 e. The summed E-state index contributed by atoms with van der Waals surface area (Å²) in [6.07, 6.45) is -0.590. The maximum atomic E-state index is 13.3. The molecule has 1 saturated heterocycles. The molecule has 2 unspecified atom stereocenters. The standard InChI is InChI=1S/C21H19FN6O2/c1-12-3-7-14(8-4-12)17-24-25-20-27(11-13-5-9-15(22)10-6-13)16-18(29)23-21(30)26(2)19(16)28(17)20/h3-10,16,19H,11H2,1-2H3,(H,23,29,30). The molecule has 9 heteroatoms. The van der Waals surface area contributed by atoms with Crippen molar-refractivity contribution in [3.63, 3.8) is 0 Å². The normalized spacial score (nSPS) is 20.2. The lowest BCUT2D eigenvalue weighted by Gasteiger charge is -2.37. The third-order valence-electron chi connectivity index (χ3n) is 5.61. The van der Waals surface area contributed by atoms with Gasteiger partial charge in [0, 0.05) is 19.2 Å². The molecule has 1 aromatic heterocycles. The summed E-state index contributed by atoms with van der Waals surface area (Å²) in [5.74, 6) is 0.340. The number of hydrogen-bond acceptors (Lipinski definition) is 5. The Balaban J connectivity index is 1.63. The van der Waals surface area contributed by atoms with Crippen LogP contribution in [0.1, 0.15) is 17.3 Å². The van der Waals surface area contributed by atoms with E-state index in [0.29, 0.717) is 18.3 Å². The zero-order valence-corrected chi connectivity index (χ0v) is 16.4. The number of nitrogens with zero attached hydrogens (tertiary/aromatic N) is 5. The number of imide groups is 1. The quantitative estimate of drug-likeness (QED) is 0.723. The Morgan fingerprint density at radius 3 is 2.43 bits per heavy atom. The highest BCUT2D eigenvalue weighted by Crippen LogP contribution is 2.41. The molecule has 152 valence electrons. The molecule has 3 amide bonds. The number of anilines is 1. The van der Waals surface area contributed by atoms with Gasteiger partial charge < -0.3 is 9.80 Å². The minimum absolute atomic E-state index is 0.322. The van der Waals surface area contributed by atoms with Crippen LogP contribution >= 0.6 is 0 Å². The molecule has 30 heavy (non-hydrogen) atoms. The van der Waals surface area contributed by atoms with Crippen molar-refractivity contribution in [1.82, 2.24) is 25.0 Å². The van der Waals surface area contributed by atoms with E-state index in [0.717, 1.165) is 16.7 Å². The summed E-state index contributed by atoms with van der Waals surface area (Å²) in [5, 5.41) is 11.1. The van der Waals surface area contributed by atoms with Crippen LogP contribution in [0.2, 0.25) is 0 Å². The van der Waals surface area contributed by atoms with Crippen molar-refractivity contribution >= 4 is 17.9 Å². The summed E-state index contributed by atoms with van der Waals surface area (Å²) in [5.41, 5.74) is 2.77. The molecule has 8 nitrogen and oxygen atoms in total. The van der Waals surface area contributed by atoms with Gasteiger partial charge in [-0.3, -0.25) is 14.7 Å². The molecule has 3 aromatic rings. The second kappa shape index (κ2) is 6.65. The average molecular weight is 406 g/mol. The van der Waals surface area contributed by atoms with Gasteiger partial charge in [0.1, 0.15) is 12.0 Å². The molecule has 0 radical (unpaired) electrons. The van der Waals surface area contributed by atoms with E-state index in [1.807, 2.05) is 35.8 Å².